The second kappa shape index (κ2) is 8.98. The number of aliphatic carboxylic acids is 1. The molecule has 1 amide bonds. The van der Waals surface area contributed by atoms with Gasteiger partial charge in [0.1, 0.15) is 17.1 Å². The number of methoxy groups -OCH3 is 1. The molecule has 2 aromatic carbocycles. The Morgan fingerprint density at radius 3 is 2.71 bits per heavy atom. The highest BCUT2D eigenvalue weighted by atomic mass is 35.5. The van der Waals surface area contributed by atoms with E-state index in [0.717, 1.165) is 16.9 Å². The summed E-state index contributed by atoms with van der Waals surface area (Å²) in [4.78, 5) is 34.2. The molecule has 0 radical (unpaired) electrons. The molecule has 8 heteroatoms. The lowest BCUT2D eigenvalue weighted by Gasteiger charge is -2.38. The molecule has 7 nitrogen and oxygen atoms in total. The van der Waals surface area contributed by atoms with Gasteiger partial charge < -0.3 is 19.7 Å². The number of hydrogen-bond acceptors (Lipinski definition) is 4. The third-order valence-electron chi connectivity index (χ3n) is 5.91. The number of ether oxygens (including phenoxy) is 1. The number of halogens is 1. The lowest BCUT2D eigenvalue weighted by atomic mass is 9.81. The van der Waals surface area contributed by atoms with Gasteiger partial charge in [-0.1, -0.05) is 17.7 Å². The van der Waals surface area contributed by atoms with Crippen molar-refractivity contribution in [3.8, 4) is 5.75 Å². The summed E-state index contributed by atoms with van der Waals surface area (Å²) in [6.07, 6.45) is 1.28. The predicted molar refractivity (Wildman–Crippen MR) is 118 cm³/mol. The van der Waals surface area contributed by atoms with Gasteiger partial charge in [0, 0.05) is 36.5 Å². The standard InChI is InChI=1S/C23H24ClN3O4/c1-31-19-4-2-3-18-22(19)26-20(25-18)11-16-13-27(10-9-15(16)12-21(28)29)23(30)14-5-7-17(24)8-6-14/h2-8,15-16H,9-13H2,1H3,(H,25,26)(H,28,29)/t15-,16-/m0/s1. The molecule has 2 N–H and O–H groups in total. The van der Waals surface area contributed by atoms with E-state index in [0.29, 0.717) is 42.3 Å². The number of nitrogens with one attached hydrogen (secondary N) is 1. The molecule has 1 aliphatic rings. The second-order valence-electron chi connectivity index (χ2n) is 7.91. The van der Waals surface area contributed by atoms with Gasteiger partial charge in [-0.2, -0.15) is 0 Å². The lowest BCUT2D eigenvalue weighted by Crippen LogP contribution is -2.45. The smallest absolute Gasteiger partial charge is 0.303 e. The van der Waals surface area contributed by atoms with Crippen molar-refractivity contribution in [2.45, 2.75) is 19.3 Å². The molecule has 2 atom stereocenters. The molecule has 0 aliphatic carbocycles. The topological polar surface area (TPSA) is 95.5 Å². The summed E-state index contributed by atoms with van der Waals surface area (Å²) >= 11 is 5.94. The number of amides is 1. The summed E-state index contributed by atoms with van der Waals surface area (Å²) in [6.45, 7) is 1.01. The first-order valence-corrected chi connectivity index (χ1v) is 10.6. The number of carboxylic acids is 1. The molecule has 1 aliphatic heterocycles. The molecular weight excluding hydrogens is 418 g/mol. The number of fused-ring (bicyclic) bond motifs is 1. The number of nitrogens with zero attached hydrogens (tertiary/aromatic N) is 2. The fourth-order valence-corrected chi connectivity index (χ4v) is 4.46. The van der Waals surface area contributed by atoms with Gasteiger partial charge in [-0.25, -0.2) is 4.98 Å². The molecule has 1 saturated heterocycles. The maximum Gasteiger partial charge on any atom is 0.303 e. The van der Waals surface area contributed by atoms with Crippen molar-refractivity contribution in [3.63, 3.8) is 0 Å². The van der Waals surface area contributed by atoms with Crippen LogP contribution >= 0.6 is 11.6 Å². The first-order valence-electron chi connectivity index (χ1n) is 10.2. The van der Waals surface area contributed by atoms with Crippen LogP contribution in [0, 0.1) is 11.8 Å². The summed E-state index contributed by atoms with van der Waals surface area (Å²) < 4.78 is 5.39. The average Bonchev–Trinajstić information content (AvgIpc) is 3.17. The van der Waals surface area contributed by atoms with E-state index in [1.165, 1.54) is 0 Å². The SMILES string of the molecule is COc1cccc2[nH]c(C[C@H]3CN(C(=O)c4ccc(Cl)cc4)CC[C@H]3CC(=O)O)nc12. The number of carboxylic acid groups (broad SMARTS) is 1. The summed E-state index contributed by atoms with van der Waals surface area (Å²) in [6, 6.07) is 12.5. The third kappa shape index (κ3) is 4.66. The van der Waals surface area contributed by atoms with Crippen LogP contribution in [0.3, 0.4) is 0 Å². The molecule has 0 spiro atoms. The number of benzene rings is 2. The molecule has 31 heavy (non-hydrogen) atoms. The molecular formula is C23H24ClN3O4. The Morgan fingerprint density at radius 1 is 1.23 bits per heavy atom. The van der Waals surface area contributed by atoms with Gasteiger partial charge in [0.2, 0.25) is 0 Å². The number of hydrogen-bond donors (Lipinski definition) is 2. The van der Waals surface area contributed by atoms with Crippen LogP contribution in [-0.2, 0) is 11.2 Å². The van der Waals surface area contributed by atoms with Crippen molar-refractivity contribution >= 4 is 34.5 Å². The van der Waals surface area contributed by atoms with Crippen LogP contribution in [0.25, 0.3) is 11.0 Å². The van der Waals surface area contributed by atoms with Gasteiger partial charge in [-0.3, -0.25) is 9.59 Å². The molecule has 0 bridgehead atoms. The predicted octanol–water partition coefficient (Wildman–Crippen LogP) is 4.02. The fraction of sp³-hybridized carbons (Fsp3) is 0.348. The Morgan fingerprint density at radius 2 is 2.00 bits per heavy atom. The normalized spacial score (nSPS) is 18.8. The van der Waals surface area contributed by atoms with Crippen LogP contribution in [0.15, 0.2) is 42.5 Å². The van der Waals surface area contributed by atoms with Gasteiger partial charge in [0.05, 0.1) is 12.6 Å². The third-order valence-corrected chi connectivity index (χ3v) is 6.16. The largest absolute Gasteiger partial charge is 0.494 e. The molecule has 162 valence electrons. The zero-order valence-electron chi connectivity index (χ0n) is 17.2. The van der Waals surface area contributed by atoms with Crippen molar-refractivity contribution in [2.75, 3.05) is 20.2 Å². The highest BCUT2D eigenvalue weighted by Crippen LogP contribution is 2.31. The van der Waals surface area contributed by atoms with Gasteiger partial charge in [-0.05, 0) is 54.7 Å². The number of piperidine rings is 1. The summed E-state index contributed by atoms with van der Waals surface area (Å²) in [5.41, 5.74) is 2.20. The van der Waals surface area contributed by atoms with Gasteiger partial charge in [0.15, 0.2) is 0 Å². The van der Waals surface area contributed by atoms with E-state index in [4.69, 9.17) is 16.3 Å². The van der Waals surface area contributed by atoms with Gasteiger partial charge in [-0.15, -0.1) is 0 Å². The molecule has 2 heterocycles. The first kappa shape index (κ1) is 21.2. The Balaban J connectivity index is 1.56. The first-order chi connectivity index (χ1) is 14.9. The van der Waals surface area contributed by atoms with Crippen molar-refractivity contribution in [1.29, 1.82) is 0 Å². The quantitative estimate of drug-likeness (QED) is 0.602. The Hall–Kier alpha value is -3.06. The summed E-state index contributed by atoms with van der Waals surface area (Å²) in [5, 5.41) is 9.96. The number of para-hydroxylation sites is 1. The molecule has 3 aromatic rings. The number of aromatic amines is 1. The minimum atomic E-state index is -0.821. The average molecular weight is 442 g/mol. The van der Waals surface area contributed by atoms with Gasteiger partial charge >= 0.3 is 5.97 Å². The zero-order chi connectivity index (χ0) is 22.0. The molecule has 0 saturated carbocycles. The maximum atomic E-state index is 13.0. The fourth-order valence-electron chi connectivity index (χ4n) is 4.33. The van der Waals surface area contributed by atoms with Crippen LogP contribution < -0.4 is 4.74 Å². The van der Waals surface area contributed by atoms with E-state index in [2.05, 4.69) is 9.97 Å². The van der Waals surface area contributed by atoms with E-state index >= 15 is 0 Å². The van der Waals surface area contributed by atoms with Crippen molar-refractivity contribution < 1.29 is 19.4 Å². The minimum Gasteiger partial charge on any atom is -0.494 e. The van der Waals surface area contributed by atoms with Crippen molar-refractivity contribution in [2.24, 2.45) is 11.8 Å². The number of H-pyrrole nitrogens is 1. The van der Waals surface area contributed by atoms with Crippen LogP contribution in [0.1, 0.15) is 29.0 Å². The van der Waals surface area contributed by atoms with Crippen LogP contribution in [0.5, 0.6) is 5.75 Å². The Bertz CT molecular complexity index is 1100. The van der Waals surface area contributed by atoms with Crippen LogP contribution in [0.4, 0.5) is 0 Å². The number of likely N-dealkylation sites (tertiary alicyclic amines) is 1. The monoisotopic (exact) mass is 441 g/mol. The number of aromatic nitrogens is 2. The maximum absolute atomic E-state index is 13.0. The van der Waals surface area contributed by atoms with Crippen molar-refractivity contribution in [1.82, 2.24) is 14.9 Å². The Kier molecular flexibility index (Phi) is 6.13. The summed E-state index contributed by atoms with van der Waals surface area (Å²) in [7, 11) is 1.60. The Labute approximate surface area is 185 Å². The van der Waals surface area contributed by atoms with E-state index < -0.39 is 5.97 Å². The zero-order valence-corrected chi connectivity index (χ0v) is 17.9. The molecule has 4 rings (SSSR count). The number of carbonyl (C=O) groups is 2. The highest BCUT2D eigenvalue weighted by Gasteiger charge is 2.34. The number of rotatable bonds is 6. The minimum absolute atomic E-state index is 0.0207. The molecule has 1 fully saturated rings. The second-order valence-corrected chi connectivity index (χ2v) is 8.35. The number of carbonyl (C=O) groups excluding carboxylic acids is 1. The van der Waals surface area contributed by atoms with E-state index in [-0.39, 0.29) is 24.2 Å². The molecule has 0 unspecified atom stereocenters. The van der Waals surface area contributed by atoms with E-state index in [1.54, 1.807) is 36.3 Å². The van der Waals surface area contributed by atoms with Crippen LogP contribution in [0.2, 0.25) is 5.02 Å². The summed E-state index contributed by atoms with van der Waals surface area (Å²) in [5.74, 6) is 0.515. The highest BCUT2D eigenvalue weighted by molar-refractivity contribution is 6.30. The lowest BCUT2D eigenvalue weighted by molar-refractivity contribution is -0.139. The number of imidazole rings is 1. The van der Waals surface area contributed by atoms with Crippen LogP contribution in [-0.4, -0.2) is 52.1 Å². The van der Waals surface area contributed by atoms with E-state index in [1.807, 2.05) is 18.2 Å². The van der Waals surface area contributed by atoms with Gasteiger partial charge in [0.25, 0.3) is 5.91 Å². The van der Waals surface area contributed by atoms with E-state index in [9.17, 15) is 14.7 Å². The molecule has 1 aromatic heterocycles. The van der Waals surface area contributed by atoms with Crippen molar-refractivity contribution in [3.05, 3.63) is 58.9 Å².